The van der Waals surface area contributed by atoms with Crippen molar-refractivity contribution in [2.45, 2.75) is 19.4 Å². The van der Waals surface area contributed by atoms with Gasteiger partial charge in [0.1, 0.15) is 11.5 Å². The van der Waals surface area contributed by atoms with E-state index in [1.54, 1.807) is 28.4 Å². The summed E-state index contributed by atoms with van der Waals surface area (Å²) in [6, 6.07) is 27.5. The van der Waals surface area contributed by atoms with E-state index in [1.807, 2.05) is 98.8 Å². The number of nitrogens with one attached hydrogen (secondary N) is 2. The van der Waals surface area contributed by atoms with Crippen molar-refractivity contribution in [2.75, 3.05) is 65.4 Å². The molecule has 5 aromatic rings. The van der Waals surface area contributed by atoms with Gasteiger partial charge in [-0.1, -0.05) is 94.9 Å². The van der Waals surface area contributed by atoms with Crippen molar-refractivity contribution in [3.8, 4) is 11.5 Å². The van der Waals surface area contributed by atoms with Crippen molar-refractivity contribution >= 4 is 74.9 Å². The Morgan fingerprint density at radius 3 is 1.47 bits per heavy atom. The Morgan fingerprint density at radius 2 is 1.05 bits per heavy atom. The van der Waals surface area contributed by atoms with Gasteiger partial charge in [0.25, 0.3) is 0 Å². The molecule has 0 spiro atoms. The largest absolute Gasteiger partial charge is 0.497 e. The summed E-state index contributed by atoms with van der Waals surface area (Å²) in [5.74, 6) is 0.619. The molecule has 6 rings (SSSR count). The molecule has 0 atom stereocenters. The SMILES string of the molecule is COCCNc1cc(C)ccc1C(=CC1(C=C(c2ccc(OC)cc2)c2ccc(C)cc2NCCOC)OC(=O)c2c(Cl)c(Cl)c(Cl)c(Cl)c21)c1ccc(OC)cc1. The van der Waals surface area contributed by atoms with E-state index >= 15 is 0 Å². The fourth-order valence-electron chi connectivity index (χ4n) is 6.95. The van der Waals surface area contributed by atoms with Crippen LogP contribution in [0.4, 0.5) is 11.4 Å². The molecular formula is C46H44Cl4N2O6. The van der Waals surface area contributed by atoms with Gasteiger partial charge in [0.2, 0.25) is 0 Å². The standard InChI is InChI=1S/C46H44Cl4N2O6/c1-27-7-17-33(37(23-27)51-19-21-54-3)35(29-9-13-31(56-5)14-10-29)25-46(40-39(45(53)58-46)41(47)43(49)44(50)42(40)48)26-36(30-11-15-32(57-6)16-12-30)34-18-8-28(2)24-38(34)52-20-22-55-4/h7-18,23-26,51-52H,19-22H2,1-6H3. The first-order chi connectivity index (χ1) is 27.9. The number of hydrogen-bond donors (Lipinski definition) is 2. The first kappa shape index (κ1) is 42.9. The van der Waals surface area contributed by atoms with Crippen LogP contribution in [0.3, 0.4) is 0 Å². The number of hydrogen-bond acceptors (Lipinski definition) is 8. The van der Waals surface area contributed by atoms with Gasteiger partial charge in [-0.2, -0.15) is 0 Å². The first-order valence-electron chi connectivity index (χ1n) is 18.5. The second-order valence-electron chi connectivity index (χ2n) is 13.7. The summed E-state index contributed by atoms with van der Waals surface area (Å²) < 4.78 is 28.5. The lowest BCUT2D eigenvalue weighted by molar-refractivity contribution is 0.0300. The summed E-state index contributed by atoms with van der Waals surface area (Å²) in [6.45, 7) is 6.07. The zero-order valence-corrected chi connectivity index (χ0v) is 36.1. The number of aryl methyl sites for hydroxylation is 2. The molecule has 0 fully saturated rings. The van der Waals surface area contributed by atoms with Crippen LogP contribution in [0.5, 0.6) is 11.5 Å². The molecule has 8 nitrogen and oxygen atoms in total. The Kier molecular flexibility index (Phi) is 14.0. The molecule has 5 aromatic carbocycles. The molecule has 0 unspecified atom stereocenters. The molecule has 0 radical (unpaired) electrons. The maximum Gasteiger partial charge on any atom is 0.341 e. The van der Waals surface area contributed by atoms with Crippen LogP contribution in [0.1, 0.15) is 49.3 Å². The van der Waals surface area contributed by atoms with E-state index in [0.717, 1.165) is 44.8 Å². The van der Waals surface area contributed by atoms with Crippen molar-refractivity contribution in [1.82, 2.24) is 0 Å². The Labute approximate surface area is 359 Å². The Morgan fingerprint density at radius 1 is 0.621 bits per heavy atom. The number of anilines is 2. The summed E-state index contributed by atoms with van der Waals surface area (Å²) in [5, 5.41) is 6.98. The quantitative estimate of drug-likeness (QED) is 0.0439. The highest BCUT2D eigenvalue weighted by atomic mass is 35.5. The van der Waals surface area contributed by atoms with Crippen LogP contribution in [0.25, 0.3) is 11.1 Å². The molecule has 12 heteroatoms. The number of methoxy groups -OCH3 is 4. The van der Waals surface area contributed by atoms with E-state index < -0.39 is 11.6 Å². The van der Waals surface area contributed by atoms with Gasteiger partial charge < -0.3 is 34.3 Å². The number of esters is 1. The van der Waals surface area contributed by atoms with Crippen LogP contribution < -0.4 is 20.1 Å². The van der Waals surface area contributed by atoms with E-state index in [2.05, 4.69) is 22.8 Å². The average Bonchev–Trinajstić information content (AvgIpc) is 3.52. The predicted molar refractivity (Wildman–Crippen MR) is 237 cm³/mol. The van der Waals surface area contributed by atoms with Gasteiger partial charge in [-0.15, -0.1) is 0 Å². The number of carbonyl (C=O) groups excluding carboxylic acids is 1. The van der Waals surface area contributed by atoms with E-state index in [1.165, 1.54) is 0 Å². The Bertz CT molecular complexity index is 2240. The van der Waals surface area contributed by atoms with Crippen molar-refractivity contribution in [2.24, 2.45) is 0 Å². The molecule has 1 aliphatic rings. The molecule has 58 heavy (non-hydrogen) atoms. The highest BCUT2D eigenvalue weighted by Gasteiger charge is 2.48. The lowest BCUT2D eigenvalue weighted by Gasteiger charge is -2.28. The number of rotatable bonds is 16. The Hall–Kier alpha value is -4.67. The molecule has 302 valence electrons. The number of benzene rings is 5. The summed E-state index contributed by atoms with van der Waals surface area (Å²) in [7, 11) is 6.54. The molecule has 0 aromatic heterocycles. The molecule has 0 saturated heterocycles. The van der Waals surface area contributed by atoms with Crippen LogP contribution in [0, 0.1) is 13.8 Å². The molecular weight excluding hydrogens is 818 g/mol. The third-order valence-corrected chi connectivity index (χ3v) is 11.6. The maximum atomic E-state index is 14.4. The van der Waals surface area contributed by atoms with Gasteiger partial charge in [-0.3, -0.25) is 0 Å². The summed E-state index contributed by atoms with van der Waals surface area (Å²) in [6.07, 6.45) is 3.79. The Balaban J connectivity index is 1.78. The third-order valence-electron chi connectivity index (χ3n) is 9.82. The fourth-order valence-corrected chi connectivity index (χ4v) is 8.03. The number of fused-ring (bicyclic) bond motifs is 1. The molecule has 0 saturated carbocycles. The minimum Gasteiger partial charge on any atom is -0.497 e. The van der Waals surface area contributed by atoms with Crippen molar-refractivity contribution in [1.29, 1.82) is 0 Å². The number of halogens is 4. The van der Waals surface area contributed by atoms with Crippen LogP contribution >= 0.6 is 46.4 Å². The summed E-state index contributed by atoms with van der Waals surface area (Å²) >= 11 is 27.6. The second kappa shape index (κ2) is 18.9. The van der Waals surface area contributed by atoms with Crippen molar-refractivity contribution in [3.63, 3.8) is 0 Å². The van der Waals surface area contributed by atoms with Crippen molar-refractivity contribution in [3.05, 3.63) is 162 Å². The lowest BCUT2D eigenvalue weighted by Crippen LogP contribution is -2.23. The van der Waals surface area contributed by atoms with E-state index in [-0.39, 0.29) is 31.2 Å². The molecule has 1 aliphatic heterocycles. The van der Waals surface area contributed by atoms with E-state index in [0.29, 0.717) is 48.9 Å². The maximum absolute atomic E-state index is 14.4. The average molecular weight is 863 g/mol. The zero-order chi connectivity index (χ0) is 41.6. The smallest absolute Gasteiger partial charge is 0.341 e. The monoisotopic (exact) mass is 860 g/mol. The van der Waals surface area contributed by atoms with E-state index in [4.69, 9.17) is 70.1 Å². The van der Waals surface area contributed by atoms with Gasteiger partial charge in [0.15, 0.2) is 5.60 Å². The number of carbonyl (C=O) groups is 1. The lowest BCUT2D eigenvalue weighted by atomic mass is 9.82. The normalized spacial score (nSPS) is 15.2. The van der Waals surface area contributed by atoms with Gasteiger partial charge in [-0.25, -0.2) is 4.79 Å². The summed E-state index contributed by atoms with van der Waals surface area (Å²) in [5.41, 5.74) is 6.90. The van der Waals surface area contributed by atoms with Crippen LogP contribution in [0.15, 0.2) is 97.1 Å². The molecule has 0 bridgehead atoms. The predicted octanol–water partition coefficient (Wildman–Crippen LogP) is 11.7. The topological polar surface area (TPSA) is 87.3 Å². The first-order valence-corrected chi connectivity index (χ1v) is 20.0. The van der Waals surface area contributed by atoms with Gasteiger partial charge in [0.05, 0.1) is 53.1 Å². The van der Waals surface area contributed by atoms with Gasteiger partial charge in [0, 0.05) is 55.4 Å². The van der Waals surface area contributed by atoms with Crippen LogP contribution in [0.2, 0.25) is 20.1 Å². The molecule has 1 heterocycles. The molecule has 0 aliphatic carbocycles. The number of cyclic esters (lactones) is 1. The fraction of sp³-hybridized carbons (Fsp3) is 0.239. The minimum atomic E-state index is -1.73. The zero-order valence-electron chi connectivity index (χ0n) is 33.0. The van der Waals surface area contributed by atoms with E-state index in [9.17, 15) is 4.79 Å². The second-order valence-corrected chi connectivity index (χ2v) is 15.2. The minimum absolute atomic E-state index is 0.0110. The molecule has 2 N–H and O–H groups in total. The highest BCUT2D eigenvalue weighted by Crippen LogP contribution is 2.54. The van der Waals surface area contributed by atoms with Crippen molar-refractivity contribution < 1.29 is 28.5 Å². The van der Waals surface area contributed by atoms with Crippen LogP contribution in [-0.2, 0) is 19.8 Å². The molecule has 0 amide bonds. The van der Waals surface area contributed by atoms with Crippen LogP contribution in [-0.4, -0.2) is 60.7 Å². The summed E-state index contributed by atoms with van der Waals surface area (Å²) in [4.78, 5) is 14.4. The number of ether oxygens (including phenoxy) is 5. The third kappa shape index (κ3) is 8.98. The van der Waals surface area contributed by atoms with Gasteiger partial charge in [-0.05, 0) is 95.8 Å². The van der Waals surface area contributed by atoms with Gasteiger partial charge >= 0.3 is 5.97 Å². The highest BCUT2D eigenvalue weighted by molar-refractivity contribution is 6.53.